The van der Waals surface area contributed by atoms with Crippen molar-refractivity contribution in [3.8, 4) is 5.75 Å². The molecule has 152 valence electrons. The zero-order valence-corrected chi connectivity index (χ0v) is 15.3. The van der Waals surface area contributed by atoms with Gasteiger partial charge in [-0.15, -0.1) is 0 Å². The lowest BCUT2D eigenvalue weighted by Gasteiger charge is -2.13. The number of carbonyl (C=O) groups excluding carboxylic acids is 3. The third-order valence-corrected chi connectivity index (χ3v) is 3.51. The van der Waals surface area contributed by atoms with Crippen molar-refractivity contribution in [3.63, 3.8) is 0 Å². The molecule has 0 fully saturated rings. The van der Waals surface area contributed by atoms with Gasteiger partial charge in [0.05, 0.1) is 0 Å². The van der Waals surface area contributed by atoms with Gasteiger partial charge >= 0.3 is 12.6 Å². The van der Waals surface area contributed by atoms with Gasteiger partial charge in [0.25, 0.3) is 11.8 Å². The van der Waals surface area contributed by atoms with Gasteiger partial charge in [-0.3, -0.25) is 20.4 Å². The smallest absolute Gasteiger partial charge is 0.387 e. The molecule has 0 aliphatic carbocycles. The standard InChI is InChI=1S/C20H18F2N2O5/c1-13(18(26)23-24-19(27)15-5-3-2-4-6-15)28-17(25)12-9-14-7-10-16(11-8-14)29-20(21)22/h2-13,20H,1H3,(H,23,26)(H,24,27)/b12-9+/t13-/m1/s1. The van der Waals surface area contributed by atoms with Gasteiger partial charge in [-0.1, -0.05) is 30.3 Å². The normalized spacial score (nSPS) is 11.7. The Morgan fingerprint density at radius 2 is 1.62 bits per heavy atom. The minimum Gasteiger partial charge on any atom is -0.449 e. The average Bonchev–Trinajstić information content (AvgIpc) is 2.71. The van der Waals surface area contributed by atoms with E-state index in [-0.39, 0.29) is 5.75 Å². The molecule has 2 amide bonds. The molecule has 9 heteroatoms. The highest BCUT2D eigenvalue weighted by Crippen LogP contribution is 2.15. The summed E-state index contributed by atoms with van der Waals surface area (Å²) in [5.74, 6) is -2.04. The van der Waals surface area contributed by atoms with Crippen LogP contribution in [0.15, 0.2) is 60.7 Å². The predicted molar refractivity (Wildman–Crippen MR) is 99.7 cm³/mol. The van der Waals surface area contributed by atoms with Gasteiger partial charge in [0.15, 0.2) is 6.10 Å². The quantitative estimate of drug-likeness (QED) is 0.421. The summed E-state index contributed by atoms with van der Waals surface area (Å²) in [5.41, 5.74) is 5.27. The molecule has 0 saturated carbocycles. The van der Waals surface area contributed by atoms with Gasteiger partial charge < -0.3 is 9.47 Å². The second kappa shape index (κ2) is 10.5. The Kier molecular flexibility index (Phi) is 7.84. The fourth-order valence-electron chi connectivity index (χ4n) is 2.07. The van der Waals surface area contributed by atoms with Gasteiger partial charge in [0, 0.05) is 11.6 Å². The first-order valence-electron chi connectivity index (χ1n) is 8.44. The second-order valence-electron chi connectivity index (χ2n) is 5.67. The number of alkyl halides is 2. The first-order valence-corrected chi connectivity index (χ1v) is 8.44. The molecule has 0 radical (unpaired) electrons. The highest BCUT2D eigenvalue weighted by molar-refractivity contribution is 5.96. The number of ether oxygens (including phenoxy) is 2. The van der Waals surface area contributed by atoms with Crippen LogP contribution in [-0.2, 0) is 14.3 Å². The van der Waals surface area contributed by atoms with Crippen LogP contribution in [0.25, 0.3) is 6.08 Å². The maximum Gasteiger partial charge on any atom is 0.387 e. The van der Waals surface area contributed by atoms with Crippen LogP contribution in [0.5, 0.6) is 5.75 Å². The number of nitrogens with one attached hydrogen (secondary N) is 2. The summed E-state index contributed by atoms with van der Waals surface area (Å²) in [4.78, 5) is 35.6. The summed E-state index contributed by atoms with van der Waals surface area (Å²) in [5, 5.41) is 0. The van der Waals surface area contributed by atoms with E-state index in [1.54, 1.807) is 30.3 Å². The van der Waals surface area contributed by atoms with Crippen LogP contribution in [0.2, 0.25) is 0 Å². The largest absolute Gasteiger partial charge is 0.449 e. The fourth-order valence-corrected chi connectivity index (χ4v) is 2.07. The van der Waals surface area contributed by atoms with E-state index in [1.807, 2.05) is 0 Å². The molecule has 2 N–H and O–H groups in total. The highest BCUT2D eigenvalue weighted by Gasteiger charge is 2.17. The van der Waals surface area contributed by atoms with Crippen LogP contribution in [0.4, 0.5) is 8.78 Å². The van der Waals surface area contributed by atoms with Crippen molar-refractivity contribution in [2.24, 2.45) is 0 Å². The first kappa shape index (κ1) is 21.5. The molecule has 2 aromatic carbocycles. The van der Waals surface area contributed by atoms with Gasteiger partial charge in [-0.2, -0.15) is 8.78 Å². The van der Waals surface area contributed by atoms with Crippen molar-refractivity contribution in [2.45, 2.75) is 19.6 Å². The Hall–Kier alpha value is -3.75. The lowest BCUT2D eigenvalue weighted by molar-refractivity contribution is -0.150. The van der Waals surface area contributed by atoms with E-state index in [9.17, 15) is 23.2 Å². The van der Waals surface area contributed by atoms with Crippen LogP contribution < -0.4 is 15.6 Å². The van der Waals surface area contributed by atoms with Gasteiger partial charge in [-0.05, 0) is 42.8 Å². The minimum absolute atomic E-state index is 0.0115. The lowest BCUT2D eigenvalue weighted by Crippen LogP contribution is -2.46. The molecular weight excluding hydrogens is 386 g/mol. The molecule has 0 aliphatic heterocycles. The predicted octanol–water partition coefficient (Wildman–Crippen LogP) is 2.69. The molecule has 0 saturated heterocycles. The van der Waals surface area contributed by atoms with Crippen LogP contribution in [0.1, 0.15) is 22.8 Å². The monoisotopic (exact) mass is 404 g/mol. The third kappa shape index (κ3) is 7.41. The number of benzene rings is 2. The van der Waals surface area contributed by atoms with E-state index < -0.39 is 30.5 Å². The summed E-state index contributed by atoms with van der Waals surface area (Å²) >= 11 is 0. The van der Waals surface area contributed by atoms with E-state index >= 15 is 0 Å². The average molecular weight is 404 g/mol. The molecule has 0 heterocycles. The van der Waals surface area contributed by atoms with Crippen molar-refractivity contribution < 1.29 is 32.6 Å². The highest BCUT2D eigenvalue weighted by atomic mass is 19.3. The summed E-state index contributed by atoms with van der Waals surface area (Å²) in [7, 11) is 0. The molecular formula is C20H18F2N2O5. The molecule has 2 aromatic rings. The zero-order valence-electron chi connectivity index (χ0n) is 15.3. The van der Waals surface area contributed by atoms with Crippen LogP contribution >= 0.6 is 0 Å². The number of halogens is 2. The number of rotatable bonds is 7. The van der Waals surface area contributed by atoms with Gasteiger partial charge in [0.2, 0.25) is 0 Å². The Morgan fingerprint density at radius 1 is 0.966 bits per heavy atom. The molecule has 0 aliphatic rings. The Morgan fingerprint density at radius 3 is 2.24 bits per heavy atom. The molecule has 0 aromatic heterocycles. The second-order valence-corrected chi connectivity index (χ2v) is 5.67. The minimum atomic E-state index is -2.92. The SMILES string of the molecule is C[C@@H](OC(=O)/C=C/c1ccc(OC(F)F)cc1)C(=O)NNC(=O)c1ccccc1. The number of esters is 1. The number of hydrazine groups is 1. The van der Waals surface area contributed by atoms with Crippen molar-refractivity contribution in [2.75, 3.05) is 0 Å². The van der Waals surface area contributed by atoms with Crippen molar-refractivity contribution in [3.05, 3.63) is 71.8 Å². The topological polar surface area (TPSA) is 93.7 Å². The van der Waals surface area contributed by atoms with Crippen molar-refractivity contribution >= 4 is 23.9 Å². The molecule has 7 nitrogen and oxygen atoms in total. The number of carbonyl (C=O) groups is 3. The molecule has 2 rings (SSSR count). The zero-order chi connectivity index (χ0) is 21.2. The molecule has 0 unspecified atom stereocenters. The van der Waals surface area contributed by atoms with Gasteiger partial charge in [-0.25, -0.2) is 4.79 Å². The van der Waals surface area contributed by atoms with E-state index in [4.69, 9.17) is 4.74 Å². The maximum atomic E-state index is 12.1. The Bertz CT molecular complexity index is 870. The number of hydrogen-bond donors (Lipinski definition) is 2. The maximum absolute atomic E-state index is 12.1. The Balaban J connectivity index is 1.79. The Labute approximate surface area is 165 Å². The van der Waals surface area contributed by atoms with Gasteiger partial charge in [0.1, 0.15) is 5.75 Å². The van der Waals surface area contributed by atoms with E-state index in [0.717, 1.165) is 6.08 Å². The summed E-state index contributed by atoms with van der Waals surface area (Å²) in [6.07, 6.45) is 1.30. The van der Waals surface area contributed by atoms with Crippen LogP contribution in [0, 0.1) is 0 Å². The molecule has 29 heavy (non-hydrogen) atoms. The van der Waals surface area contributed by atoms with Crippen LogP contribution in [0.3, 0.4) is 0 Å². The third-order valence-electron chi connectivity index (χ3n) is 3.51. The van der Waals surface area contributed by atoms with E-state index in [0.29, 0.717) is 11.1 Å². The summed E-state index contributed by atoms with van der Waals surface area (Å²) in [6.45, 7) is -1.58. The molecule has 0 spiro atoms. The molecule has 0 bridgehead atoms. The molecule has 1 atom stereocenters. The summed E-state index contributed by atoms with van der Waals surface area (Å²) in [6, 6.07) is 13.8. The number of hydrogen-bond acceptors (Lipinski definition) is 5. The van der Waals surface area contributed by atoms with Crippen molar-refractivity contribution in [1.82, 2.24) is 10.9 Å². The lowest BCUT2D eigenvalue weighted by atomic mass is 10.2. The first-order chi connectivity index (χ1) is 13.8. The van der Waals surface area contributed by atoms with Crippen molar-refractivity contribution in [1.29, 1.82) is 0 Å². The van der Waals surface area contributed by atoms with E-state index in [1.165, 1.54) is 37.3 Å². The summed E-state index contributed by atoms with van der Waals surface area (Å²) < 4.78 is 33.3. The van der Waals surface area contributed by atoms with Crippen LogP contribution in [-0.4, -0.2) is 30.5 Å². The fraction of sp³-hybridized carbons (Fsp3) is 0.150. The number of amides is 2. The van der Waals surface area contributed by atoms with E-state index in [2.05, 4.69) is 15.6 Å².